The fourth-order valence-corrected chi connectivity index (χ4v) is 6.91. The Kier molecular flexibility index (Phi) is 7.83. The molecule has 3 aliphatic rings. The molecule has 10 heteroatoms. The summed E-state index contributed by atoms with van der Waals surface area (Å²) in [4.78, 5) is 67.3. The Balaban J connectivity index is 1.74. The van der Waals surface area contributed by atoms with Gasteiger partial charge in [0.15, 0.2) is 0 Å². The SMILES string of the molecule is C=CC1=C(C)c2cc3nc(c4c5[nH]c(cc6[nH]c(cc1n2)c(C)c6CC)c(C)c5C(=O)OC(=O)C4)C(CCC(=O)OC(C)=O)C3C. The highest BCUT2D eigenvalue weighted by atomic mass is 16.6. The number of hydrogen-bond donors (Lipinski definition) is 2. The van der Waals surface area contributed by atoms with E-state index in [-0.39, 0.29) is 30.2 Å². The van der Waals surface area contributed by atoms with E-state index in [1.54, 1.807) is 0 Å². The molecule has 2 atom stereocenters. The molecule has 0 saturated heterocycles. The first-order chi connectivity index (χ1) is 21.9. The van der Waals surface area contributed by atoms with Crippen molar-refractivity contribution in [2.75, 3.05) is 0 Å². The molecule has 0 radical (unpaired) electrons. The van der Waals surface area contributed by atoms with Crippen molar-refractivity contribution in [3.63, 3.8) is 0 Å². The number of aromatic amines is 2. The Morgan fingerprint density at radius 1 is 1.04 bits per heavy atom. The van der Waals surface area contributed by atoms with Gasteiger partial charge in [-0.15, -0.1) is 0 Å². The van der Waals surface area contributed by atoms with E-state index >= 15 is 0 Å². The molecule has 236 valence electrons. The lowest BCUT2D eigenvalue weighted by atomic mass is 9.85. The van der Waals surface area contributed by atoms with Gasteiger partial charge in [-0.05, 0) is 74.1 Å². The molecule has 0 amide bonds. The minimum absolute atomic E-state index is 0.0331. The number of nitrogens with zero attached hydrogens (tertiary/aromatic N) is 2. The molecule has 2 N–H and O–H groups in total. The van der Waals surface area contributed by atoms with Gasteiger partial charge in [0.1, 0.15) is 0 Å². The van der Waals surface area contributed by atoms with E-state index < -0.39 is 23.9 Å². The molecular formula is C36H36N4O6. The monoisotopic (exact) mass is 620 g/mol. The molecule has 3 aromatic rings. The highest BCUT2D eigenvalue weighted by Crippen LogP contribution is 2.43. The van der Waals surface area contributed by atoms with Crippen molar-refractivity contribution in [2.45, 2.75) is 79.1 Å². The average Bonchev–Trinajstić information content (AvgIpc) is 3.64. The topological polar surface area (TPSA) is 144 Å². The number of ether oxygens (including phenoxy) is 2. The maximum Gasteiger partial charge on any atom is 0.348 e. The van der Waals surface area contributed by atoms with E-state index in [4.69, 9.17) is 19.4 Å². The third kappa shape index (κ3) is 5.17. The summed E-state index contributed by atoms with van der Waals surface area (Å²) >= 11 is 0. The van der Waals surface area contributed by atoms with Crippen LogP contribution in [0.4, 0.5) is 0 Å². The van der Waals surface area contributed by atoms with E-state index in [9.17, 15) is 19.2 Å². The number of esters is 4. The Bertz CT molecular complexity index is 2080. The molecule has 2 unspecified atom stereocenters. The van der Waals surface area contributed by atoms with Gasteiger partial charge in [-0.2, -0.15) is 0 Å². The minimum Gasteiger partial charge on any atom is -0.393 e. The second-order valence-electron chi connectivity index (χ2n) is 12.1. The smallest absolute Gasteiger partial charge is 0.348 e. The summed E-state index contributed by atoms with van der Waals surface area (Å²) in [5.41, 5.74) is 11.3. The molecule has 3 aromatic heterocycles. The van der Waals surface area contributed by atoms with Gasteiger partial charge in [0.25, 0.3) is 0 Å². The number of carbonyl (C=O) groups excluding carboxylic acids is 4. The second-order valence-corrected chi connectivity index (χ2v) is 12.1. The minimum atomic E-state index is -0.724. The zero-order chi connectivity index (χ0) is 33.0. The molecule has 8 bridgehead atoms. The lowest BCUT2D eigenvalue weighted by molar-refractivity contribution is -0.158. The van der Waals surface area contributed by atoms with Crippen LogP contribution >= 0.6 is 0 Å². The highest BCUT2D eigenvalue weighted by Gasteiger charge is 2.36. The Labute approximate surface area is 266 Å². The third-order valence-corrected chi connectivity index (χ3v) is 9.39. The van der Waals surface area contributed by atoms with Gasteiger partial charge in [-0.1, -0.05) is 26.5 Å². The van der Waals surface area contributed by atoms with Crippen LogP contribution in [-0.2, 0) is 36.7 Å². The number of H-pyrrole nitrogens is 2. The maximum atomic E-state index is 13.3. The first kappa shape index (κ1) is 30.9. The van der Waals surface area contributed by atoms with E-state index in [2.05, 4.69) is 30.4 Å². The van der Waals surface area contributed by atoms with Crippen molar-refractivity contribution in [1.29, 1.82) is 0 Å². The molecule has 6 rings (SSSR count). The predicted molar refractivity (Wildman–Crippen MR) is 174 cm³/mol. The van der Waals surface area contributed by atoms with Crippen molar-refractivity contribution < 1.29 is 28.7 Å². The first-order valence-electron chi connectivity index (χ1n) is 15.5. The van der Waals surface area contributed by atoms with Gasteiger partial charge in [0.2, 0.25) is 0 Å². The summed E-state index contributed by atoms with van der Waals surface area (Å²) in [6, 6.07) is 5.95. The van der Waals surface area contributed by atoms with Crippen molar-refractivity contribution in [2.24, 2.45) is 0 Å². The number of fused-ring (bicyclic) bond motifs is 8. The number of carbonyl (C=O) groups is 4. The van der Waals surface area contributed by atoms with Gasteiger partial charge in [0, 0.05) is 58.6 Å². The molecule has 0 saturated carbocycles. The standard InChI is InChI=1S/C36H36N4O6/c1-8-21-16(3)25-13-27-18(5)23(10-11-31(42)45-20(7)41)34(39-27)24-12-32(43)46-36(44)33-19(6)28(40-35(24)33)15-30-22(9-2)17(4)26(38-30)14-29(21)37-25/h8,13-15,18,23,38,40H,1,9-12H2,2-7H3. The van der Waals surface area contributed by atoms with Crippen molar-refractivity contribution in [1.82, 2.24) is 19.9 Å². The number of hydrogen-bond acceptors (Lipinski definition) is 8. The van der Waals surface area contributed by atoms with Crippen molar-refractivity contribution in [3.8, 4) is 0 Å². The van der Waals surface area contributed by atoms with Crippen LogP contribution < -0.4 is 0 Å². The Morgan fingerprint density at radius 2 is 1.78 bits per heavy atom. The lowest BCUT2D eigenvalue weighted by Crippen LogP contribution is -2.14. The number of aryl methyl sites for hydroxylation is 3. The zero-order valence-electron chi connectivity index (χ0n) is 26.8. The summed E-state index contributed by atoms with van der Waals surface area (Å²) in [7, 11) is 0. The van der Waals surface area contributed by atoms with Gasteiger partial charge >= 0.3 is 23.9 Å². The summed E-state index contributed by atoms with van der Waals surface area (Å²) < 4.78 is 10.1. The van der Waals surface area contributed by atoms with Crippen LogP contribution in [-0.4, -0.2) is 43.8 Å². The molecular weight excluding hydrogens is 584 g/mol. The molecule has 3 aliphatic heterocycles. The quantitative estimate of drug-likeness (QED) is 0.240. The van der Waals surface area contributed by atoms with Crippen LogP contribution in [0, 0.1) is 13.8 Å². The van der Waals surface area contributed by atoms with E-state index in [0.717, 1.165) is 56.8 Å². The number of nitrogens with one attached hydrogen (secondary N) is 2. The van der Waals surface area contributed by atoms with Crippen LogP contribution in [0.1, 0.15) is 108 Å². The lowest BCUT2D eigenvalue weighted by Gasteiger charge is -2.17. The normalized spacial score (nSPS) is 17.5. The van der Waals surface area contributed by atoms with Gasteiger partial charge in [-0.25, -0.2) is 9.78 Å². The third-order valence-electron chi connectivity index (χ3n) is 9.39. The second kappa shape index (κ2) is 11.7. The summed E-state index contributed by atoms with van der Waals surface area (Å²) in [5, 5.41) is 0. The van der Waals surface area contributed by atoms with Gasteiger partial charge in [-0.3, -0.25) is 19.4 Å². The van der Waals surface area contributed by atoms with Crippen molar-refractivity contribution >= 4 is 57.1 Å². The molecule has 6 heterocycles. The summed E-state index contributed by atoms with van der Waals surface area (Å²) in [5.74, 6) is -3.25. The number of aromatic nitrogens is 4. The van der Waals surface area contributed by atoms with E-state index in [1.165, 1.54) is 6.92 Å². The number of allylic oxidation sites excluding steroid dienone is 3. The molecule has 0 aromatic carbocycles. The van der Waals surface area contributed by atoms with Crippen LogP contribution in [0.15, 0.2) is 30.9 Å². The highest BCUT2D eigenvalue weighted by molar-refractivity contribution is 6.09. The zero-order valence-corrected chi connectivity index (χ0v) is 26.8. The molecule has 0 fully saturated rings. The van der Waals surface area contributed by atoms with Crippen LogP contribution in [0.2, 0.25) is 0 Å². The molecule has 0 spiro atoms. The summed E-state index contributed by atoms with van der Waals surface area (Å²) in [6.45, 7) is 15.2. The average molecular weight is 621 g/mol. The Hall–Kier alpha value is -5.12. The first-order valence-corrected chi connectivity index (χ1v) is 15.5. The number of cyclic esters (lactones) is 2. The van der Waals surface area contributed by atoms with Crippen LogP contribution in [0.3, 0.4) is 0 Å². The molecule has 46 heavy (non-hydrogen) atoms. The largest absolute Gasteiger partial charge is 0.393 e. The number of rotatable bonds is 5. The maximum absolute atomic E-state index is 13.3. The predicted octanol–water partition coefficient (Wildman–Crippen LogP) is 6.61. The molecule has 10 nitrogen and oxygen atoms in total. The van der Waals surface area contributed by atoms with Crippen LogP contribution in [0.25, 0.3) is 33.2 Å². The van der Waals surface area contributed by atoms with E-state index in [1.807, 2.05) is 45.0 Å². The fraction of sp³-hybridized carbons (Fsp3) is 0.333. The van der Waals surface area contributed by atoms with Crippen LogP contribution in [0.5, 0.6) is 0 Å². The van der Waals surface area contributed by atoms with E-state index in [0.29, 0.717) is 34.3 Å². The van der Waals surface area contributed by atoms with Gasteiger partial charge < -0.3 is 19.4 Å². The Morgan fingerprint density at radius 3 is 2.48 bits per heavy atom. The summed E-state index contributed by atoms with van der Waals surface area (Å²) in [6.07, 6.45) is 2.66. The fourth-order valence-electron chi connectivity index (χ4n) is 6.91. The van der Waals surface area contributed by atoms with Gasteiger partial charge in [0.05, 0.1) is 34.6 Å². The molecule has 0 aliphatic carbocycles. The van der Waals surface area contributed by atoms with Crippen molar-refractivity contribution in [3.05, 3.63) is 81.4 Å².